The highest BCUT2D eigenvalue weighted by Crippen LogP contribution is 2.21. The first kappa shape index (κ1) is 13.7. The van der Waals surface area contributed by atoms with E-state index in [1.807, 2.05) is 24.4 Å². The minimum absolute atomic E-state index is 0.258. The van der Waals surface area contributed by atoms with E-state index >= 15 is 0 Å². The lowest BCUT2D eigenvalue weighted by Crippen LogP contribution is -2.42. The van der Waals surface area contributed by atoms with Crippen LogP contribution in [-0.4, -0.2) is 41.0 Å². The van der Waals surface area contributed by atoms with Crippen LogP contribution in [-0.2, 0) is 0 Å². The van der Waals surface area contributed by atoms with Gasteiger partial charge in [0.2, 0.25) is 0 Å². The minimum atomic E-state index is -0.483. The van der Waals surface area contributed by atoms with Crippen molar-refractivity contribution < 1.29 is 9.90 Å². The molecule has 1 saturated heterocycles. The maximum absolute atomic E-state index is 11.8. The molecule has 1 aliphatic heterocycles. The van der Waals surface area contributed by atoms with Gasteiger partial charge in [-0.15, -0.1) is 11.3 Å². The number of piperidine rings is 1. The molecule has 0 unspecified atom stereocenters. The Morgan fingerprint density at radius 2 is 2.22 bits per heavy atom. The van der Waals surface area contributed by atoms with Crippen LogP contribution in [0.15, 0.2) is 17.5 Å². The molecule has 0 spiro atoms. The number of carbonyl (C=O) groups excluding carboxylic acids is 1. The summed E-state index contributed by atoms with van der Waals surface area (Å²) < 4.78 is 0. The minimum Gasteiger partial charge on any atom is -0.390 e. The number of hydrogen-bond acceptors (Lipinski definition) is 4. The Hall–Kier alpha value is -0.710. The van der Waals surface area contributed by atoms with Gasteiger partial charge < -0.3 is 10.0 Å². The third kappa shape index (κ3) is 3.90. The molecule has 0 atom stereocenters. The van der Waals surface area contributed by atoms with E-state index in [9.17, 15) is 9.90 Å². The van der Waals surface area contributed by atoms with Crippen LogP contribution >= 0.6 is 11.3 Å². The third-order valence-corrected chi connectivity index (χ3v) is 4.52. The Bertz CT molecular complexity index is 377. The van der Waals surface area contributed by atoms with Crippen molar-refractivity contribution in [3.05, 3.63) is 22.4 Å². The molecule has 0 amide bonds. The summed E-state index contributed by atoms with van der Waals surface area (Å²) in [4.78, 5) is 15.0. The molecule has 1 aliphatic rings. The molecule has 100 valence electrons. The number of Topliss-reactive ketones (excluding diaryl/α,β-unsaturated/α-hetero) is 1. The van der Waals surface area contributed by atoms with Crippen LogP contribution < -0.4 is 0 Å². The van der Waals surface area contributed by atoms with Crippen LogP contribution in [0, 0.1) is 0 Å². The van der Waals surface area contributed by atoms with Crippen molar-refractivity contribution in [2.75, 3.05) is 19.6 Å². The Morgan fingerprint density at radius 1 is 1.50 bits per heavy atom. The Morgan fingerprint density at radius 3 is 2.83 bits per heavy atom. The van der Waals surface area contributed by atoms with Crippen LogP contribution in [0.5, 0.6) is 0 Å². The molecular weight excluding hydrogens is 246 g/mol. The molecule has 0 aromatic carbocycles. The molecule has 2 rings (SSSR count). The van der Waals surface area contributed by atoms with Crippen molar-refractivity contribution in [2.45, 2.75) is 38.2 Å². The van der Waals surface area contributed by atoms with E-state index in [1.165, 1.54) is 11.3 Å². The second-order valence-electron chi connectivity index (χ2n) is 5.34. The molecule has 0 radical (unpaired) electrons. The van der Waals surface area contributed by atoms with E-state index < -0.39 is 5.60 Å². The molecule has 1 N–H and O–H groups in total. The van der Waals surface area contributed by atoms with Gasteiger partial charge >= 0.3 is 0 Å². The molecule has 0 saturated carbocycles. The summed E-state index contributed by atoms with van der Waals surface area (Å²) in [5, 5.41) is 11.8. The predicted molar refractivity (Wildman–Crippen MR) is 74.2 cm³/mol. The third-order valence-electron chi connectivity index (χ3n) is 3.61. The fourth-order valence-electron chi connectivity index (χ4n) is 2.28. The zero-order valence-corrected chi connectivity index (χ0v) is 11.7. The van der Waals surface area contributed by atoms with E-state index in [0.29, 0.717) is 6.42 Å². The van der Waals surface area contributed by atoms with Gasteiger partial charge in [-0.3, -0.25) is 4.79 Å². The molecule has 1 aromatic rings. The standard InChI is InChI=1S/C14H21NO2S/c1-14(17)6-9-15(10-7-14)8-2-4-12(16)13-5-3-11-18-13/h3,5,11,17H,2,4,6-10H2,1H3. The van der Waals surface area contributed by atoms with E-state index in [1.54, 1.807) is 0 Å². The van der Waals surface area contributed by atoms with Gasteiger partial charge in [-0.1, -0.05) is 6.07 Å². The molecule has 3 nitrogen and oxygen atoms in total. The van der Waals surface area contributed by atoms with Crippen LogP contribution in [0.3, 0.4) is 0 Å². The second kappa shape index (κ2) is 5.95. The van der Waals surface area contributed by atoms with Gasteiger partial charge in [0.25, 0.3) is 0 Å². The normalized spacial score (nSPS) is 19.9. The Labute approximate surface area is 112 Å². The summed E-state index contributed by atoms with van der Waals surface area (Å²) >= 11 is 1.52. The highest BCUT2D eigenvalue weighted by Gasteiger charge is 2.26. The maximum atomic E-state index is 11.8. The largest absolute Gasteiger partial charge is 0.390 e. The lowest BCUT2D eigenvalue weighted by molar-refractivity contribution is -0.00549. The fourth-order valence-corrected chi connectivity index (χ4v) is 2.98. The van der Waals surface area contributed by atoms with Gasteiger partial charge in [0.05, 0.1) is 10.5 Å². The summed E-state index contributed by atoms with van der Waals surface area (Å²) in [6.07, 6.45) is 3.23. The molecular formula is C14H21NO2S. The number of carbonyl (C=O) groups is 1. The molecule has 0 bridgehead atoms. The molecule has 1 fully saturated rings. The number of thiophene rings is 1. The molecule has 18 heavy (non-hydrogen) atoms. The number of aliphatic hydroxyl groups is 1. The topological polar surface area (TPSA) is 40.5 Å². The van der Waals surface area contributed by atoms with E-state index in [4.69, 9.17) is 0 Å². The zero-order chi connectivity index (χ0) is 13.0. The summed E-state index contributed by atoms with van der Waals surface area (Å²) in [5.74, 6) is 0.258. The van der Waals surface area contributed by atoms with Crippen LogP contribution in [0.1, 0.15) is 42.3 Å². The number of rotatable bonds is 5. The summed E-state index contributed by atoms with van der Waals surface area (Å²) in [6.45, 7) is 4.76. The van der Waals surface area contributed by atoms with Crippen LogP contribution in [0.2, 0.25) is 0 Å². The van der Waals surface area contributed by atoms with Gasteiger partial charge in [0.15, 0.2) is 5.78 Å². The Balaban J connectivity index is 1.66. The number of likely N-dealkylation sites (tertiary alicyclic amines) is 1. The maximum Gasteiger partial charge on any atom is 0.172 e. The van der Waals surface area contributed by atoms with Crippen molar-refractivity contribution in [3.63, 3.8) is 0 Å². The number of ketones is 1. The van der Waals surface area contributed by atoms with Gasteiger partial charge in [0.1, 0.15) is 0 Å². The average molecular weight is 267 g/mol. The quantitative estimate of drug-likeness (QED) is 0.834. The molecule has 4 heteroatoms. The SMILES string of the molecule is CC1(O)CCN(CCCC(=O)c2cccs2)CC1. The Kier molecular flexibility index (Phi) is 4.54. The molecule has 0 aliphatic carbocycles. The summed E-state index contributed by atoms with van der Waals surface area (Å²) in [6, 6.07) is 3.82. The molecule has 2 heterocycles. The predicted octanol–water partition coefficient (Wildman–Crippen LogP) is 2.56. The lowest BCUT2D eigenvalue weighted by Gasteiger charge is -2.35. The van der Waals surface area contributed by atoms with Crippen molar-refractivity contribution in [2.24, 2.45) is 0 Å². The summed E-state index contributed by atoms with van der Waals surface area (Å²) in [7, 11) is 0. The lowest BCUT2D eigenvalue weighted by atomic mass is 9.94. The first-order valence-electron chi connectivity index (χ1n) is 6.58. The van der Waals surface area contributed by atoms with Crippen molar-refractivity contribution in [1.82, 2.24) is 4.90 Å². The highest BCUT2D eigenvalue weighted by molar-refractivity contribution is 7.12. The van der Waals surface area contributed by atoms with Crippen molar-refractivity contribution in [1.29, 1.82) is 0 Å². The summed E-state index contributed by atoms with van der Waals surface area (Å²) in [5.41, 5.74) is -0.483. The number of nitrogens with zero attached hydrogens (tertiary/aromatic N) is 1. The van der Waals surface area contributed by atoms with E-state index in [0.717, 1.165) is 43.8 Å². The van der Waals surface area contributed by atoms with E-state index in [-0.39, 0.29) is 5.78 Å². The van der Waals surface area contributed by atoms with Gasteiger partial charge in [-0.05, 0) is 44.2 Å². The van der Waals surface area contributed by atoms with Crippen molar-refractivity contribution >= 4 is 17.1 Å². The monoisotopic (exact) mass is 267 g/mol. The van der Waals surface area contributed by atoms with Gasteiger partial charge in [0, 0.05) is 19.5 Å². The number of hydrogen-bond donors (Lipinski definition) is 1. The van der Waals surface area contributed by atoms with Crippen LogP contribution in [0.4, 0.5) is 0 Å². The fraction of sp³-hybridized carbons (Fsp3) is 0.643. The van der Waals surface area contributed by atoms with Crippen molar-refractivity contribution in [3.8, 4) is 0 Å². The second-order valence-corrected chi connectivity index (χ2v) is 6.29. The van der Waals surface area contributed by atoms with Gasteiger partial charge in [-0.2, -0.15) is 0 Å². The van der Waals surface area contributed by atoms with E-state index in [2.05, 4.69) is 4.90 Å². The van der Waals surface area contributed by atoms with Gasteiger partial charge in [-0.25, -0.2) is 0 Å². The first-order chi connectivity index (χ1) is 8.57. The average Bonchev–Trinajstić information content (AvgIpc) is 2.85. The smallest absolute Gasteiger partial charge is 0.172 e. The first-order valence-corrected chi connectivity index (χ1v) is 7.46. The molecule has 1 aromatic heterocycles. The zero-order valence-electron chi connectivity index (χ0n) is 10.9. The van der Waals surface area contributed by atoms with Crippen LogP contribution in [0.25, 0.3) is 0 Å². The highest BCUT2D eigenvalue weighted by atomic mass is 32.1.